The maximum absolute atomic E-state index is 5.31. The Balaban J connectivity index is 1.73. The third kappa shape index (κ3) is 2.96. The third-order valence-electron chi connectivity index (χ3n) is 2.86. The summed E-state index contributed by atoms with van der Waals surface area (Å²) in [7, 11) is 1.94. The molecule has 1 fully saturated rings. The Labute approximate surface area is 96.4 Å². The quantitative estimate of drug-likeness (QED) is 0.807. The molecule has 0 atom stereocenters. The molecule has 1 aromatic rings. The second kappa shape index (κ2) is 5.32. The van der Waals surface area contributed by atoms with Gasteiger partial charge in [0.15, 0.2) is 0 Å². The van der Waals surface area contributed by atoms with E-state index in [9.17, 15) is 0 Å². The molecule has 0 unspecified atom stereocenters. The maximum Gasteiger partial charge on any atom is 0.0824 e. The number of aryl methyl sites for hydroxylation is 2. The summed E-state index contributed by atoms with van der Waals surface area (Å²) in [5, 5.41) is 7.71. The average molecular weight is 224 g/mol. The number of rotatable bonds is 4. The summed E-state index contributed by atoms with van der Waals surface area (Å²) in [6.45, 7) is 7.89. The molecule has 5 nitrogen and oxygen atoms in total. The lowest BCUT2D eigenvalue weighted by atomic mass is 10.3. The van der Waals surface area contributed by atoms with Crippen molar-refractivity contribution in [1.82, 2.24) is 14.7 Å². The Morgan fingerprint density at radius 1 is 1.44 bits per heavy atom. The van der Waals surface area contributed by atoms with E-state index in [0.29, 0.717) is 0 Å². The number of nitrogens with one attached hydrogen (secondary N) is 1. The van der Waals surface area contributed by atoms with Gasteiger partial charge in [0, 0.05) is 39.4 Å². The second-order valence-corrected chi connectivity index (χ2v) is 4.18. The standard InChI is InChI=1S/C11H20N4O/c1-10-11(9-14(2)13-10)12-3-4-15-5-7-16-8-6-15/h9,12H,3-8H2,1-2H3. The van der Waals surface area contributed by atoms with Gasteiger partial charge in [0.2, 0.25) is 0 Å². The van der Waals surface area contributed by atoms with Crippen LogP contribution in [-0.4, -0.2) is 54.1 Å². The summed E-state index contributed by atoms with van der Waals surface area (Å²) in [5.74, 6) is 0. The van der Waals surface area contributed by atoms with E-state index >= 15 is 0 Å². The van der Waals surface area contributed by atoms with Crippen LogP contribution in [0, 0.1) is 6.92 Å². The zero-order valence-corrected chi connectivity index (χ0v) is 10.1. The molecule has 0 aromatic carbocycles. The van der Waals surface area contributed by atoms with Gasteiger partial charge in [-0.15, -0.1) is 0 Å². The van der Waals surface area contributed by atoms with Crippen molar-refractivity contribution in [3.8, 4) is 0 Å². The fourth-order valence-electron chi connectivity index (χ4n) is 1.95. The van der Waals surface area contributed by atoms with Crippen molar-refractivity contribution in [3.63, 3.8) is 0 Å². The van der Waals surface area contributed by atoms with Crippen LogP contribution in [0.2, 0.25) is 0 Å². The van der Waals surface area contributed by atoms with Gasteiger partial charge in [0.1, 0.15) is 0 Å². The fourth-order valence-corrected chi connectivity index (χ4v) is 1.95. The van der Waals surface area contributed by atoms with Crippen molar-refractivity contribution in [2.75, 3.05) is 44.7 Å². The first-order valence-corrected chi connectivity index (χ1v) is 5.80. The summed E-state index contributed by atoms with van der Waals surface area (Å²) in [4.78, 5) is 2.42. The SMILES string of the molecule is Cc1nn(C)cc1NCCN1CCOCC1. The van der Waals surface area contributed by atoms with Crippen LogP contribution in [0.5, 0.6) is 0 Å². The largest absolute Gasteiger partial charge is 0.381 e. The van der Waals surface area contributed by atoms with Crippen LogP contribution in [0.1, 0.15) is 5.69 Å². The summed E-state index contributed by atoms with van der Waals surface area (Å²) in [5.41, 5.74) is 2.19. The van der Waals surface area contributed by atoms with Gasteiger partial charge in [0.05, 0.1) is 24.6 Å². The highest BCUT2D eigenvalue weighted by Crippen LogP contribution is 2.10. The molecule has 0 aliphatic carbocycles. The van der Waals surface area contributed by atoms with Gasteiger partial charge in [-0.3, -0.25) is 9.58 Å². The molecule has 0 saturated carbocycles. The Kier molecular flexibility index (Phi) is 3.79. The first-order chi connectivity index (χ1) is 7.75. The Morgan fingerprint density at radius 2 is 2.19 bits per heavy atom. The highest BCUT2D eigenvalue weighted by molar-refractivity contribution is 5.45. The highest BCUT2D eigenvalue weighted by atomic mass is 16.5. The van der Waals surface area contributed by atoms with E-state index in [1.165, 1.54) is 0 Å². The predicted octanol–water partition coefficient (Wildman–Crippen LogP) is 0.473. The molecule has 0 amide bonds. The van der Waals surface area contributed by atoms with Crippen LogP contribution >= 0.6 is 0 Å². The van der Waals surface area contributed by atoms with Crippen LogP contribution in [0.4, 0.5) is 5.69 Å². The molecule has 0 radical (unpaired) electrons. The second-order valence-electron chi connectivity index (χ2n) is 4.18. The number of morpholine rings is 1. The molecule has 1 saturated heterocycles. The van der Waals surface area contributed by atoms with E-state index in [-0.39, 0.29) is 0 Å². The Morgan fingerprint density at radius 3 is 2.81 bits per heavy atom. The number of aromatic nitrogens is 2. The molecule has 0 spiro atoms. The van der Waals surface area contributed by atoms with Gasteiger partial charge < -0.3 is 10.1 Å². The molecule has 1 aromatic heterocycles. The fraction of sp³-hybridized carbons (Fsp3) is 0.727. The van der Waals surface area contributed by atoms with E-state index in [2.05, 4.69) is 15.3 Å². The molecule has 2 heterocycles. The number of ether oxygens (including phenoxy) is 1. The zero-order valence-electron chi connectivity index (χ0n) is 10.1. The summed E-state index contributed by atoms with van der Waals surface area (Å²) >= 11 is 0. The van der Waals surface area contributed by atoms with Gasteiger partial charge in [-0.25, -0.2) is 0 Å². The van der Waals surface area contributed by atoms with Crippen molar-refractivity contribution in [2.45, 2.75) is 6.92 Å². The number of hydrogen-bond donors (Lipinski definition) is 1. The Hall–Kier alpha value is -1.07. The highest BCUT2D eigenvalue weighted by Gasteiger charge is 2.09. The third-order valence-corrected chi connectivity index (χ3v) is 2.86. The average Bonchev–Trinajstić information content (AvgIpc) is 2.59. The van der Waals surface area contributed by atoms with E-state index in [0.717, 1.165) is 50.8 Å². The molecular formula is C11H20N4O. The van der Waals surface area contributed by atoms with E-state index in [1.807, 2.05) is 24.9 Å². The van der Waals surface area contributed by atoms with Crippen LogP contribution in [-0.2, 0) is 11.8 Å². The lowest BCUT2D eigenvalue weighted by molar-refractivity contribution is 0.0398. The predicted molar refractivity (Wildman–Crippen MR) is 63.7 cm³/mol. The normalized spacial score (nSPS) is 17.6. The molecule has 1 N–H and O–H groups in total. The maximum atomic E-state index is 5.31. The molecule has 16 heavy (non-hydrogen) atoms. The van der Waals surface area contributed by atoms with Crippen molar-refractivity contribution < 1.29 is 4.74 Å². The van der Waals surface area contributed by atoms with Crippen molar-refractivity contribution in [3.05, 3.63) is 11.9 Å². The summed E-state index contributed by atoms with van der Waals surface area (Å²) in [6.07, 6.45) is 2.02. The summed E-state index contributed by atoms with van der Waals surface area (Å²) in [6, 6.07) is 0. The first-order valence-electron chi connectivity index (χ1n) is 5.80. The van der Waals surface area contributed by atoms with E-state index in [4.69, 9.17) is 4.74 Å². The van der Waals surface area contributed by atoms with Gasteiger partial charge in [0.25, 0.3) is 0 Å². The number of nitrogens with zero attached hydrogens (tertiary/aromatic N) is 3. The van der Waals surface area contributed by atoms with E-state index < -0.39 is 0 Å². The first kappa shape index (κ1) is 11.4. The van der Waals surface area contributed by atoms with Crippen molar-refractivity contribution in [1.29, 1.82) is 0 Å². The topological polar surface area (TPSA) is 42.3 Å². The molecule has 0 bridgehead atoms. The van der Waals surface area contributed by atoms with Gasteiger partial charge in [-0.05, 0) is 6.92 Å². The van der Waals surface area contributed by atoms with Gasteiger partial charge in [-0.2, -0.15) is 5.10 Å². The molecule has 5 heteroatoms. The summed E-state index contributed by atoms with van der Waals surface area (Å²) < 4.78 is 7.15. The lowest BCUT2D eigenvalue weighted by Crippen LogP contribution is -2.39. The minimum atomic E-state index is 0.867. The minimum absolute atomic E-state index is 0.867. The molecule has 1 aliphatic rings. The van der Waals surface area contributed by atoms with Crippen LogP contribution in [0.15, 0.2) is 6.20 Å². The number of hydrogen-bond acceptors (Lipinski definition) is 4. The van der Waals surface area contributed by atoms with Crippen LogP contribution in [0.25, 0.3) is 0 Å². The van der Waals surface area contributed by atoms with Crippen molar-refractivity contribution >= 4 is 5.69 Å². The minimum Gasteiger partial charge on any atom is -0.381 e. The van der Waals surface area contributed by atoms with Gasteiger partial charge in [-0.1, -0.05) is 0 Å². The molecule has 1 aliphatic heterocycles. The number of anilines is 1. The zero-order chi connectivity index (χ0) is 11.4. The molecule has 90 valence electrons. The monoisotopic (exact) mass is 224 g/mol. The van der Waals surface area contributed by atoms with Crippen LogP contribution < -0.4 is 5.32 Å². The smallest absolute Gasteiger partial charge is 0.0824 e. The van der Waals surface area contributed by atoms with Gasteiger partial charge >= 0.3 is 0 Å². The van der Waals surface area contributed by atoms with Crippen LogP contribution in [0.3, 0.4) is 0 Å². The van der Waals surface area contributed by atoms with Crippen molar-refractivity contribution in [2.24, 2.45) is 7.05 Å². The molecular weight excluding hydrogens is 204 g/mol. The Bertz CT molecular complexity index is 331. The van der Waals surface area contributed by atoms with E-state index in [1.54, 1.807) is 0 Å². The lowest BCUT2D eigenvalue weighted by Gasteiger charge is -2.26. The molecule has 2 rings (SSSR count).